The molecule has 0 fully saturated rings. The van der Waals surface area contributed by atoms with E-state index in [2.05, 4.69) is 240 Å². The lowest BCUT2D eigenvalue weighted by molar-refractivity contribution is 1.25. The van der Waals surface area contributed by atoms with E-state index in [4.69, 9.17) is 9.97 Å². The summed E-state index contributed by atoms with van der Waals surface area (Å²) in [6.07, 6.45) is 0. The molecule has 60 heavy (non-hydrogen) atoms. The maximum absolute atomic E-state index is 5.46. The molecule has 0 aliphatic carbocycles. The molecule has 4 heteroatoms. The lowest BCUT2D eigenvalue weighted by Crippen LogP contribution is -2.12. The van der Waals surface area contributed by atoms with Crippen molar-refractivity contribution in [3.8, 4) is 44.8 Å². The fourth-order valence-corrected chi connectivity index (χ4v) is 7.93. The van der Waals surface area contributed by atoms with E-state index in [1.165, 1.54) is 11.1 Å². The second-order valence-electron chi connectivity index (χ2n) is 14.6. The number of benzene rings is 9. The summed E-state index contributed by atoms with van der Waals surface area (Å²) in [6, 6.07) is 84.9. The van der Waals surface area contributed by atoms with Crippen LogP contribution in [-0.2, 0) is 0 Å². The van der Waals surface area contributed by atoms with E-state index in [9.17, 15) is 0 Å². The number of hydrogen-bond acceptors (Lipinski definition) is 4. The van der Waals surface area contributed by atoms with Gasteiger partial charge in [-0.3, -0.25) is 0 Å². The Bertz CT molecular complexity index is 2940. The van der Waals surface area contributed by atoms with E-state index < -0.39 is 0 Å². The van der Waals surface area contributed by atoms with Crippen LogP contribution in [0.15, 0.2) is 243 Å². The summed E-state index contributed by atoms with van der Waals surface area (Å²) in [4.78, 5) is 15.4. The Morgan fingerprint density at radius 2 is 0.567 bits per heavy atom. The first-order valence-electron chi connectivity index (χ1n) is 20.2. The zero-order valence-electron chi connectivity index (χ0n) is 32.9. The van der Waals surface area contributed by atoms with Gasteiger partial charge in [-0.1, -0.05) is 164 Å². The van der Waals surface area contributed by atoms with Crippen LogP contribution < -0.4 is 9.80 Å². The number of aromatic nitrogens is 2. The Hall–Kier alpha value is -8.08. The molecule has 0 aliphatic rings. The second-order valence-corrected chi connectivity index (χ2v) is 14.6. The zero-order valence-corrected chi connectivity index (χ0v) is 32.9. The lowest BCUT2D eigenvalue weighted by Gasteiger charge is -2.28. The van der Waals surface area contributed by atoms with E-state index in [-0.39, 0.29) is 0 Å². The monoisotopic (exact) mass is 768 g/mol. The molecule has 0 unspecified atom stereocenters. The Morgan fingerprint density at radius 3 is 1.05 bits per heavy atom. The van der Waals surface area contributed by atoms with Crippen LogP contribution in [0.3, 0.4) is 0 Å². The number of fused-ring (bicyclic) bond motifs is 1. The first kappa shape index (κ1) is 36.3. The van der Waals surface area contributed by atoms with Crippen LogP contribution in [0.1, 0.15) is 0 Å². The molecule has 10 aromatic rings. The van der Waals surface area contributed by atoms with E-state index in [1.807, 2.05) is 12.1 Å². The third kappa shape index (κ3) is 7.30. The molecule has 1 aromatic heterocycles. The SMILES string of the molecule is c1ccc(-c2ccc(-c3cccc4nc(-c5ccccc5)c(-c5ccc(N(c6ccccc6)c6ccc(N(c7ccccc7)c7ccccc7)cc6)cc5)nc34)cc2)cc1. The van der Waals surface area contributed by atoms with Crippen LogP contribution >= 0.6 is 0 Å². The van der Waals surface area contributed by atoms with Crippen molar-refractivity contribution in [2.45, 2.75) is 0 Å². The summed E-state index contributed by atoms with van der Waals surface area (Å²) in [6.45, 7) is 0. The van der Waals surface area contributed by atoms with Gasteiger partial charge in [-0.05, 0) is 95.6 Å². The summed E-state index contributed by atoms with van der Waals surface area (Å²) >= 11 is 0. The van der Waals surface area contributed by atoms with Gasteiger partial charge in [0.05, 0.1) is 22.4 Å². The first-order valence-corrected chi connectivity index (χ1v) is 20.2. The van der Waals surface area contributed by atoms with Crippen molar-refractivity contribution in [3.05, 3.63) is 243 Å². The lowest BCUT2D eigenvalue weighted by atomic mass is 9.98. The van der Waals surface area contributed by atoms with Gasteiger partial charge in [0.2, 0.25) is 0 Å². The average Bonchev–Trinajstić information content (AvgIpc) is 3.33. The zero-order chi connectivity index (χ0) is 40.1. The minimum atomic E-state index is 0.839. The van der Waals surface area contributed by atoms with Crippen molar-refractivity contribution < 1.29 is 0 Å². The highest BCUT2D eigenvalue weighted by Gasteiger charge is 2.19. The fraction of sp³-hybridized carbons (Fsp3) is 0. The normalized spacial score (nSPS) is 11.0. The van der Waals surface area contributed by atoms with Crippen LogP contribution in [0.5, 0.6) is 0 Å². The third-order valence-electron chi connectivity index (χ3n) is 10.9. The van der Waals surface area contributed by atoms with Gasteiger partial charge in [0.25, 0.3) is 0 Å². The summed E-state index contributed by atoms with van der Waals surface area (Å²) in [5.41, 5.74) is 16.4. The van der Waals surface area contributed by atoms with Gasteiger partial charge in [0, 0.05) is 50.8 Å². The Balaban J connectivity index is 1.04. The number of hydrogen-bond donors (Lipinski definition) is 0. The highest BCUT2D eigenvalue weighted by atomic mass is 15.2. The summed E-state index contributed by atoms with van der Waals surface area (Å²) in [5.74, 6) is 0. The predicted octanol–water partition coefficient (Wildman–Crippen LogP) is 15.2. The van der Waals surface area contributed by atoms with Gasteiger partial charge in [-0.15, -0.1) is 0 Å². The highest BCUT2D eigenvalue weighted by Crippen LogP contribution is 2.41. The van der Waals surface area contributed by atoms with Gasteiger partial charge in [-0.25, -0.2) is 9.97 Å². The maximum Gasteiger partial charge on any atom is 0.0973 e. The molecule has 4 nitrogen and oxygen atoms in total. The van der Waals surface area contributed by atoms with Crippen molar-refractivity contribution in [3.63, 3.8) is 0 Å². The number of anilines is 6. The molecule has 10 rings (SSSR count). The highest BCUT2D eigenvalue weighted by molar-refractivity contribution is 5.96. The molecule has 9 aromatic carbocycles. The van der Waals surface area contributed by atoms with Gasteiger partial charge in [-0.2, -0.15) is 0 Å². The molecule has 0 bridgehead atoms. The molecule has 0 atom stereocenters. The molecule has 284 valence electrons. The quantitative estimate of drug-likeness (QED) is 0.139. The van der Waals surface area contributed by atoms with E-state index in [1.54, 1.807) is 0 Å². The summed E-state index contributed by atoms with van der Waals surface area (Å²) in [5, 5.41) is 0. The van der Waals surface area contributed by atoms with E-state index in [0.29, 0.717) is 0 Å². The van der Waals surface area contributed by atoms with Crippen LogP contribution in [0.4, 0.5) is 34.1 Å². The predicted molar refractivity (Wildman–Crippen MR) is 251 cm³/mol. The fourth-order valence-electron chi connectivity index (χ4n) is 7.93. The smallest absolute Gasteiger partial charge is 0.0973 e. The molecule has 0 amide bonds. The first-order chi connectivity index (χ1) is 29.8. The maximum atomic E-state index is 5.46. The molecular formula is C56H40N4. The van der Waals surface area contributed by atoms with E-state index in [0.717, 1.165) is 78.8 Å². The molecule has 0 N–H and O–H groups in total. The molecule has 1 heterocycles. The van der Waals surface area contributed by atoms with Crippen molar-refractivity contribution in [1.82, 2.24) is 9.97 Å². The molecule has 0 aliphatic heterocycles. The van der Waals surface area contributed by atoms with Crippen LogP contribution in [0, 0.1) is 0 Å². The van der Waals surface area contributed by atoms with Crippen molar-refractivity contribution in [1.29, 1.82) is 0 Å². The minimum Gasteiger partial charge on any atom is -0.311 e. The average molecular weight is 769 g/mol. The van der Waals surface area contributed by atoms with Crippen molar-refractivity contribution in [2.24, 2.45) is 0 Å². The standard InChI is InChI=1S/C56H40N4/c1-6-17-41(18-7-1)42-29-31-43(32-30-42)52-27-16-28-53-56(52)58-55(54(57-53)44-19-8-2-9-20-44)45-33-35-49(36-34-45)60(48-25-14-5-15-26-48)51-39-37-50(38-40-51)59(46-21-10-3-11-22-46)47-23-12-4-13-24-47/h1-40H. The van der Waals surface area contributed by atoms with Gasteiger partial charge >= 0.3 is 0 Å². The third-order valence-corrected chi connectivity index (χ3v) is 10.9. The number of para-hydroxylation sites is 4. The van der Waals surface area contributed by atoms with Gasteiger partial charge < -0.3 is 9.80 Å². The number of rotatable bonds is 10. The van der Waals surface area contributed by atoms with E-state index >= 15 is 0 Å². The molecule has 0 saturated carbocycles. The van der Waals surface area contributed by atoms with Crippen LogP contribution in [0.2, 0.25) is 0 Å². The van der Waals surface area contributed by atoms with Gasteiger partial charge in [0.15, 0.2) is 0 Å². The molecule has 0 saturated heterocycles. The van der Waals surface area contributed by atoms with Gasteiger partial charge in [0.1, 0.15) is 0 Å². The Kier molecular flexibility index (Phi) is 9.92. The van der Waals surface area contributed by atoms with Crippen LogP contribution in [0.25, 0.3) is 55.8 Å². The minimum absolute atomic E-state index is 0.839. The van der Waals surface area contributed by atoms with Crippen molar-refractivity contribution in [2.75, 3.05) is 9.80 Å². The largest absolute Gasteiger partial charge is 0.311 e. The topological polar surface area (TPSA) is 32.3 Å². The molecule has 0 spiro atoms. The summed E-state index contributed by atoms with van der Waals surface area (Å²) < 4.78 is 0. The Morgan fingerprint density at radius 1 is 0.233 bits per heavy atom. The molecular weight excluding hydrogens is 729 g/mol. The van der Waals surface area contributed by atoms with Crippen molar-refractivity contribution >= 4 is 45.2 Å². The summed E-state index contributed by atoms with van der Waals surface area (Å²) in [7, 11) is 0. The van der Waals surface area contributed by atoms with Crippen LogP contribution in [-0.4, -0.2) is 9.97 Å². The second kappa shape index (κ2) is 16.4. The Labute approximate surface area is 351 Å². The molecule has 0 radical (unpaired) electrons. The number of nitrogens with zero attached hydrogens (tertiary/aromatic N) is 4.